The molecule has 2 nitrogen and oxygen atoms in total. The molecule has 1 aliphatic heterocycles. The predicted octanol–water partition coefficient (Wildman–Crippen LogP) is 2.55. The van der Waals surface area contributed by atoms with Crippen molar-refractivity contribution in [3.05, 3.63) is 29.8 Å². The lowest BCUT2D eigenvalue weighted by Crippen LogP contribution is -2.34. The van der Waals surface area contributed by atoms with Crippen molar-refractivity contribution < 1.29 is 4.74 Å². The van der Waals surface area contributed by atoms with E-state index in [1.165, 1.54) is 18.4 Å². The van der Waals surface area contributed by atoms with Gasteiger partial charge in [0.1, 0.15) is 5.75 Å². The number of nitrogens with one attached hydrogen (secondary N) is 1. The number of hydrogen-bond acceptors (Lipinski definition) is 2. The van der Waals surface area contributed by atoms with E-state index in [0.717, 1.165) is 12.3 Å². The highest BCUT2D eigenvalue weighted by molar-refractivity contribution is 5.29. The zero-order valence-corrected chi connectivity index (χ0v) is 9.49. The van der Waals surface area contributed by atoms with Crippen LogP contribution in [0.5, 0.6) is 5.75 Å². The molecule has 2 atom stereocenters. The van der Waals surface area contributed by atoms with Crippen LogP contribution < -0.4 is 10.1 Å². The Labute approximate surface area is 91.6 Å². The van der Waals surface area contributed by atoms with E-state index in [-0.39, 0.29) is 0 Å². The molecule has 0 aliphatic carbocycles. The molecule has 2 unspecified atom stereocenters. The average Bonchev–Trinajstić information content (AvgIpc) is 2.29. The lowest BCUT2D eigenvalue weighted by molar-refractivity contribution is 0.380. The van der Waals surface area contributed by atoms with Gasteiger partial charge in [0.15, 0.2) is 0 Å². The van der Waals surface area contributed by atoms with Gasteiger partial charge >= 0.3 is 0 Å². The summed E-state index contributed by atoms with van der Waals surface area (Å²) in [7, 11) is 1.71. The van der Waals surface area contributed by atoms with Gasteiger partial charge in [0.05, 0.1) is 7.11 Å². The second-order valence-corrected chi connectivity index (χ2v) is 4.35. The number of methoxy groups -OCH3 is 1. The molecule has 0 aromatic heterocycles. The fraction of sp³-hybridized carbons (Fsp3) is 0.538. The summed E-state index contributed by atoms with van der Waals surface area (Å²) in [5.74, 6) is 1.66. The standard InChI is InChI=1S/C13H19NO/c1-10-9-12(7-8-14-10)11-3-5-13(15-2)6-4-11/h3-6,10,12,14H,7-9H2,1-2H3. The molecule has 2 rings (SSSR count). The normalized spacial score (nSPS) is 26.3. The van der Waals surface area contributed by atoms with Crippen LogP contribution in [0.15, 0.2) is 24.3 Å². The Hall–Kier alpha value is -1.02. The van der Waals surface area contributed by atoms with E-state index >= 15 is 0 Å². The Balaban J connectivity index is 2.07. The van der Waals surface area contributed by atoms with Crippen molar-refractivity contribution in [2.45, 2.75) is 31.7 Å². The molecule has 1 fully saturated rings. The van der Waals surface area contributed by atoms with Crippen LogP contribution in [0.25, 0.3) is 0 Å². The smallest absolute Gasteiger partial charge is 0.118 e. The largest absolute Gasteiger partial charge is 0.497 e. The fourth-order valence-corrected chi connectivity index (χ4v) is 2.31. The molecule has 82 valence electrons. The zero-order valence-electron chi connectivity index (χ0n) is 9.49. The van der Waals surface area contributed by atoms with Gasteiger partial charge in [0.25, 0.3) is 0 Å². The molecule has 15 heavy (non-hydrogen) atoms. The first-order valence-electron chi connectivity index (χ1n) is 5.67. The second kappa shape index (κ2) is 4.67. The van der Waals surface area contributed by atoms with Crippen molar-refractivity contribution in [3.8, 4) is 5.75 Å². The van der Waals surface area contributed by atoms with Crippen molar-refractivity contribution >= 4 is 0 Å². The molecular weight excluding hydrogens is 186 g/mol. The first kappa shape index (κ1) is 10.5. The minimum Gasteiger partial charge on any atom is -0.497 e. The Kier molecular flexibility index (Phi) is 3.27. The summed E-state index contributed by atoms with van der Waals surface area (Å²) in [5, 5.41) is 3.48. The molecule has 1 aromatic carbocycles. The monoisotopic (exact) mass is 205 g/mol. The minimum absolute atomic E-state index is 0.644. The summed E-state index contributed by atoms with van der Waals surface area (Å²) in [5.41, 5.74) is 1.45. The Morgan fingerprint density at radius 1 is 1.27 bits per heavy atom. The first-order chi connectivity index (χ1) is 7.29. The maximum atomic E-state index is 5.17. The van der Waals surface area contributed by atoms with Gasteiger partial charge in [-0.15, -0.1) is 0 Å². The van der Waals surface area contributed by atoms with Crippen LogP contribution in [0.2, 0.25) is 0 Å². The first-order valence-corrected chi connectivity index (χ1v) is 5.67. The van der Waals surface area contributed by atoms with Crippen LogP contribution in [0.4, 0.5) is 0 Å². The van der Waals surface area contributed by atoms with Crippen LogP contribution in [0.3, 0.4) is 0 Å². The lowest BCUT2D eigenvalue weighted by Gasteiger charge is -2.28. The van der Waals surface area contributed by atoms with Crippen molar-refractivity contribution in [1.82, 2.24) is 5.32 Å². The summed E-state index contributed by atoms with van der Waals surface area (Å²) >= 11 is 0. The molecule has 0 radical (unpaired) electrons. The molecule has 1 aromatic rings. The quantitative estimate of drug-likeness (QED) is 0.801. The van der Waals surface area contributed by atoms with Gasteiger partial charge < -0.3 is 10.1 Å². The van der Waals surface area contributed by atoms with E-state index in [1.54, 1.807) is 7.11 Å². The van der Waals surface area contributed by atoms with E-state index in [4.69, 9.17) is 4.74 Å². The van der Waals surface area contributed by atoms with E-state index in [2.05, 4.69) is 36.5 Å². The van der Waals surface area contributed by atoms with Crippen LogP contribution in [0, 0.1) is 0 Å². The summed E-state index contributed by atoms with van der Waals surface area (Å²) in [6.07, 6.45) is 2.49. The van der Waals surface area contributed by atoms with E-state index < -0.39 is 0 Å². The van der Waals surface area contributed by atoms with Crippen molar-refractivity contribution in [2.24, 2.45) is 0 Å². The molecule has 2 heteroatoms. The third-order valence-electron chi connectivity index (χ3n) is 3.21. The molecule has 1 aliphatic rings. The van der Waals surface area contributed by atoms with Gasteiger partial charge in [-0.3, -0.25) is 0 Å². The maximum absolute atomic E-state index is 5.17. The Bertz CT molecular complexity index is 307. The van der Waals surface area contributed by atoms with Gasteiger partial charge in [-0.2, -0.15) is 0 Å². The van der Waals surface area contributed by atoms with Crippen LogP contribution in [-0.2, 0) is 0 Å². The van der Waals surface area contributed by atoms with Crippen LogP contribution in [0.1, 0.15) is 31.2 Å². The number of benzene rings is 1. The zero-order chi connectivity index (χ0) is 10.7. The molecular formula is C13H19NO. The maximum Gasteiger partial charge on any atom is 0.118 e. The highest BCUT2D eigenvalue weighted by atomic mass is 16.5. The van der Waals surface area contributed by atoms with Gasteiger partial charge in [0, 0.05) is 6.04 Å². The molecule has 0 bridgehead atoms. The van der Waals surface area contributed by atoms with E-state index in [9.17, 15) is 0 Å². The number of piperidine rings is 1. The van der Waals surface area contributed by atoms with E-state index in [0.29, 0.717) is 12.0 Å². The third-order valence-corrected chi connectivity index (χ3v) is 3.21. The molecule has 1 saturated heterocycles. The minimum atomic E-state index is 0.644. The van der Waals surface area contributed by atoms with Gasteiger partial charge in [-0.1, -0.05) is 12.1 Å². The summed E-state index contributed by atoms with van der Waals surface area (Å²) in [4.78, 5) is 0. The van der Waals surface area contributed by atoms with Crippen LogP contribution in [-0.4, -0.2) is 19.7 Å². The highest BCUT2D eigenvalue weighted by Gasteiger charge is 2.19. The number of hydrogen-bond donors (Lipinski definition) is 1. The fourth-order valence-electron chi connectivity index (χ4n) is 2.31. The SMILES string of the molecule is COc1ccc(C2CCNC(C)C2)cc1. The molecule has 0 amide bonds. The summed E-state index contributed by atoms with van der Waals surface area (Å²) < 4.78 is 5.17. The van der Waals surface area contributed by atoms with E-state index in [1.807, 2.05) is 0 Å². The van der Waals surface area contributed by atoms with Gasteiger partial charge in [-0.05, 0) is 49.9 Å². The Morgan fingerprint density at radius 3 is 2.60 bits per heavy atom. The molecule has 1 heterocycles. The third kappa shape index (κ3) is 2.51. The van der Waals surface area contributed by atoms with Gasteiger partial charge in [0.2, 0.25) is 0 Å². The predicted molar refractivity (Wildman–Crippen MR) is 62.4 cm³/mol. The molecule has 1 N–H and O–H groups in total. The lowest BCUT2D eigenvalue weighted by atomic mass is 9.87. The topological polar surface area (TPSA) is 21.3 Å². The Morgan fingerprint density at radius 2 is 2.00 bits per heavy atom. The molecule has 0 saturated carbocycles. The van der Waals surface area contributed by atoms with Crippen molar-refractivity contribution in [1.29, 1.82) is 0 Å². The van der Waals surface area contributed by atoms with Crippen LogP contribution >= 0.6 is 0 Å². The van der Waals surface area contributed by atoms with Crippen molar-refractivity contribution in [3.63, 3.8) is 0 Å². The number of ether oxygens (including phenoxy) is 1. The number of rotatable bonds is 2. The average molecular weight is 205 g/mol. The van der Waals surface area contributed by atoms with Crippen molar-refractivity contribution in [2.75, 3.05) is 13.7 Å². The molecule has 0 spiro atoms. The highest BCUT2D eigenvalue weighted by Crippen LogP contribution is 2.28. The summed E-state index contributed by atoms with van der Waals surface area (Å²) in [6.45, 7) is 3.40. The second-order valence-electron chi connectivity index (χ2n) is 4.35. The van der Waals surface area contributed by atoms with Gasteiger partial charge in [-0.25, -0.2) is 0 Å². The summed E-state index contributed by atoms with van der Waals surface area (Å²) in [6, 6.07) is 9.15.